The lowest BCUT2D eigenvalue weighted by molar-refractivity contribution is 0.389. The Morgan fingerprint density at radius 2 is 1.95 bits per heavy atom. The van der Waals surface area contributed by atoms with Gasteiger partial charge in [-0.3, -0.25) is 0 Å². The van der Waals surface area contributed by atoms with Gasteiger partial charge in [0.2, 0.25) is 10.0 Å². The molecule has 1 aliphatic rings. The molecule has 116 valence electrons. The summed E-state index contributed by atoms with van der Waals surface area (Å²) in [7, 11) is -3.53. The molecule has 2 heterocycles. The summed E-state index contributed by atoms with van der Waals surface area (Å²) >= 11 is 0. The summed E-state index contributed by atoms with van der Waals surface area (Å²) in [4.78, 5) is 8.73. The van der Waals surface area contributed by atoms with Gasteiger partial charge < -0.3 is 5.73 Å². The molecule has 2 aromatic rings. The van der Waals surface area contributed by atoms with Gasteiger partial charge in [-0.25, -0.2) is 18.4 Å². The van der Waals surface area contributed by atoms with Crippen molar-refractivity contribution in [1.82, 2.24) is 14.3 Å². The van der Waals surface area contributed by atoms with Crippen LogP contribution in [0.3, 0.4) is 0 Å². The molecule has 0 unspecified atom stereocenters. The fourth-order valence-electron chi connectivity index (χ4n) is 2.84. The number of hydrogen-bond acceptors (Lipinski definition) is 5. The van der Waals surface area contributed by atoms with Crippen molar-refractivity contribution < 1.29 is 8.42 Å². The zero-order valence-electron chi connectivity index (χ0n) is 12.3. The predicted octanol–water partition coefficient (Wildman–Crippen LogP) is 1.89. The number of hydrogen-bond donors (Lipinski definition) is 1. The molecule has 1 aromatic carbocycles. The van der Waals surface area contributed by atoms with Crippen molar-refractivity contribution in [3.63, 3.8) is 0 Å². The molecule has 1 aromatic heterocycles. The lowest BCUT2D eigenvalue weighted by Crippen LogP contribution is -2.31. The summed E-state index contributed by atoms with van der Waals surface area (Å²) in [5.74, 6) is 0.922. The van der Waals surface area contributed by atoms with Crippen LogP contribution in [-0.4, -0.2) is 29.2 Å². The van der Waals surface area contributed by atoms with E-state index in [1.54, 1.807) is 43.3 Å². The Morgan fingerprint density at radius 3 is 2.64 bits per heavy atom. The second-order valence-electron chi connectivity index (χ2n) is 5.35. The van der Waals surface area contributed by atoms with Gasteiger partial charge in [0.25, 0.3) is 0 Å². The first-order valence-electron chi connectivity index (χ1n) is 7.16. The monoisotopic (exact) mass is 318 g/mol. The molecule has 3 rings (SSSR count). The summed E-state index contributed by atoms with van der Waals surface area (Å²) in [6.45, 7) is 2.25. The summed E-state index contributed by atoms with van der Waals surface area (Å²) in [5.41, 5.74) is 6.44. The molecule has 1 atom stereocenters. The van der Waals surface area contributed by atoms with Gasteiger partial charge >= 0.3 is 0 Å². The number of rotatable bonds is 3. The molecule has 0 bridgehead atoms. The van der Waals surface area contributed by atoms with E-state index in [1.165, 1.54) is 4.31 Å². The molecule has 1 saturated heterocycles. The predicted molar refractivity (Wildman–Crippen MR) is 83.5 cm³/mol. The quantitative estimate of drug-likeness (QED) is 0.933. The Labute approximate surface area is 130 Å². The van der Waals surface area contributed by atoms with E-state index in [0.717, 1.165) is 12.8 Å². The van der Waals surface area contributed by atoms with Gasteiger partial charge in [0.15, 0.2) is 0 Å². The first-order valence-corrected chi connectivity index (χ1v) is 8.60. The molecule has 0 radical (unpaired) electrons. The number of aromatic nitrogens is 2. The minimum absolute atomic E-state index is 0.283. The lowest BCUT2D eigenvalue weighted by atomic mass is 10.1. The topological polar surface area (TPSA) is 89.2 Å². The van der Waals surface area contributed by atoms with Gasteiger partial charge in [-0.05, 0) is 31.9 Å². The average molecular weight is 318 g/mol. The number of sulfonamides is 1. The van der Waals surface area contributed by atoms with Crippen molar-refractivity contribution in [3.05, 3.63) is 47.9 Å². The number of nitrogens with two attached hydrogens (primary N) is 1. The van der Waals surface area contributed by atoms with E-state index in [1.807, 2.05) is 0 Å². The Kier molecular flexibility index (Phi) is 3.84. The Balaban J connectivity index is 2.00. The van der Waals surface area contributed by atoms with Crippen molar-refractivity contribution in [3.8, 4) is 0 Å². The summed E-state index contributed by atoms with van der Waals surface area (Å²) in [5, 5.41) is 0. The van der Waals surface area contributed by atoms with E-state index in [-0.39, 0.29) is 6.04 Å². The molecule has 1 fully saturated rings. The smallest absolute Gasteiger partial charge is 0.243 e. The third-order valence-electron chi connectivity index (χ3n) is 3.77. The van der Waals surface area contributed by atoms with E-state index in [4.69, 9.17) is 5.73 Å². The molecule has 2 N–H and O–H groups in total. The Hall–Kier alpha value is -1.99. The van der Waals surface area contributed by atoms with Gasteiger partial charge in [0, 0.05) is 12.6 Å². The second-order valence-corrected chi connectivity index (χ2v) is 7.24. The number of nitrogens with zero attached hydrogens (tertiary/aromatic N) is 3. The van der Waals surface area contributed by atoms with Gasteiger partial charge in [-0.1, -0.05) is 18.2 Å². The maximum atomic E-state index is 12.8. The summed E-state index contributed by atoms with van der Waals surface area (Å²) in [6, 6.07) is 9.87. The maximum Gasteiger partial charge on any atom is 0.243 e. The molecule has 0 saturated carbocycles. The molecule has 0 spiro atoms. The van der Waals surface area contributed by atoms with Gasteiger partial charge in [-0.15, -0.1) is 0 Å². The van der Waals surface area contributed by atoms with Crippen LogP contribution in [0.15, 0.2) is 41.3 Å². The number of benzene rings is 1. The molecular weight excluding hydrogens is 300 g/mol. The minimum Gasteiger partial charge on any atom is -0.384 e. The number of nitrogen functional groups attached to an aromatic ring is 1. The van der Waals surface area contributed by atoms with Crippen LogP contribution >= 0.6 is 0 Å². The zero-order valence-corrected chi connectivity index (χ0v) is 13.1. The van der Waals surface area contributed by atoms with Gasteiger partial charge in [0.05, 0.1) is 16.6 Å². The molecule has 0 amide bonds. The van der Waals surface area contributed by atoms with Crippen LogP contribution < -0.4 is 5.73 Å². The zero-order chi connectivity index (χ0) is 15.7. The SMILES string of the molecule is Cc1nc(N)cc([C@@H]2CCCN2S(=O)(=O)c2ccccc2)n1. The molecule has 6 nitrogen and oxygen atoms in total. The van der Waals surface area contributed by atoms with E-state index < -0.39 is 10.0 Å². The summed E-state index contributed by atoms with van der Waals surface area (Å²) < 4.78 is 27.2. The average Bonchev–Trinajstić information content (AvgIpc) is 2.97. The van der Waals surface area contributed by atoms with E-state index in [2.05, 4.69) is 9.97 Å². The highest BCUT2D eigenvalue weighted by atomic mass is 32.2. The van der Waals surface area contributed by atoms with Gasteiger partial charge in [0.1, 0.15) is 11.6 Å². The van der Waals surface area contributed by atoms with Crippen molar-refractivity contribution >= 4 is 15.8 Å². The standard InChI is InChI=1S/C15H18N4O2S/c1-11-17-13(10-15(16)18-11)14-8-5-9-19(14)22(20,21)12-6-3-2-4-7-12/h2-4,6-7,10,14H,5,8-9H2,1H3,(H2,16,17,18)/t14-/m0/s1. The number of anilines is 1. The molecule has 7 heteroatoms. The highest BCUT2D eigenvalue weighted by Gasteiger charge is 2.37. The maximum absolute atomic E-state index is 12.8. The van der Waals surface area contributed by atoms with Crippen LogP contribution in [0.1, 0.15) is 30.4 Å². The molecular formula is C15H18N4O2S. The highest BCUT2D eigenvalue weighted by molar-refractivity contribution is 7.89. The van der Waals surface area contributed by atoms with E-state index in [0.29, 0.717) is 28.8 Å². The van der Waals surface area contributed by atoms with Crippen molar-refractivity contribution in [2.24, 2.45) is 0 Å². The first-order chi connectivity index (χ1) is 10.5. The first kappa shape index (κ1) is 14.9. The molecule has 0 aliphatic carbocycles. The van der Waals surface area contributed by atoms with Crippen LogP contribution in [0.4, 0.5) is 5.82 Å². The lowest BCUT2D eigenvalue weighted by Gasteiger charge is -2.24. The van der Waals surface area contributed by atoms with Crippen molar-refractivity contribution in [2.75, 3.05) is 12.3 Å². The number of aryl methyl sites for hydroxylation is 1. The van der Waals surface area contributed by atoms with Crippen LogP contribution in [0.2, 0.25) is 0 Å². The third kappa shape index (κ3) is 2.69. The molecule has 22 heavy (non-hydrogen) atoms. The second kappa shape index (κ2) is 5.66. The largest absolute Gasteiger partial charge is 0.384 e. The fourth-order valence-corrected chi connectivity index (χ4v) is 4.53. The summed E-state index contributed by atoms with van der Waals surface area (Å²) in [6.07, 6.45) is 1.54. The van der Waals surface area contributed by atoms with Gasteiger partial charge in [-0.2, -0.15) is 4.31 Å². The third-order valence-corrected chi connectivity index (χ3v) is 5.69. The van der Waals surface area contributed by atoms with Crippen molar-refractivity contribution in [2.45, 2.75) is 30.7 Å². The fraction of sp³-hybridized carbons (Fsp3) is 0.333. The van der Waals surface area contributed by atoms with Crippen LogP contribution in [-0.2, 0) is 10.0 Å². The van der Waals surface area contributed by atoms with E-state index in [9.17, 15) is 8.42 Å². The normalized spacial score (nSPS) is 19.4. The van der Waals surface area contributed by atoms with Crippen LogP contribution in [0.25, 0.3) is 0 Å². The Bertz CT molecular complexity index is 757. The van der Waals surface area contributed by atoms with E-state index >= 15 is 0 Å². The Morgan fingerprint density at radius 1 is 1.23 bits per heavy atom. The molecule has 1 aliphatic heterocycles. The van der Waals surface area contributed by atoms with Crippen molar-refractivity contribution in [1.29, 1.82) is 0 Å². The minimum atomic E-state index is -3.53. The highest BCUT2D eigenvalue weighted by Crippen LogP contribution is 2.36. The van der Waals surface area contributed by atoms with Crippen LogP contribution in [0.5, 0.6) is 0 Å². The van der Waals surface area contributed by atoms with Crippen LogP contribution in [0, 0.1) is 6.92 Å².